The first-order valence-corrected chi connectivity index (χ1v) is 8.20. The predicted octanol–water partition coefficient (Wildman–Crippen LogP) is 1.94. The number of hydrogen-bond donors (Lipinski definition) is 3. The number of aliphatic imine (C=N–C) groups is 1. The highest BCUT2D eigenvalue weighted by Gasteiger charge is 2.21. The molecule has 1 heterocycles. The summed E-state index contributed by atoms with van der Waals surface area (Å²) in [7, 11) is 3.88. The number of halogens is 1. The summed E-state index contributed by atoms with van der Waals surface area (Å²) in [6.07, 6.45) is 2.48. The maximum Gasteiger partial charge on any atom is 0.191 e. The number of likely N-dealkylation sites (N-methyl/N-ethyl adjacent to an activating group) is 1. The zero-order valence-electron chi connectivity index (χ0n) is 15.5. The lowest BCUT2D eigenvalue weighted by molar-refractivity contribution is 0.0423. The van der Waals surface area contributed by atoms with E-state index >= 15 is 0 Å². The third-order valence-electron chi connectivity index (χ3n) is 3.16. The van der Waals surface area contributed by atoms with Gasteiger partial charge < -0.3 is 25.1 Å². The largest absolute Gasteiger partial charge is 0.469 e. The monoisotopic (exact) mass is 452 g/mol. The van der Waals surface area contributed by atoms with Crippen molar-refractivity contribution in [3.05, 3.63) is 24.2 Å². The Balaban J connectivity index is 0.00000529. The zero-order chi connectivity index (χ0) is 17.3. The Morgan fingerprint density at radius 1 is 1.38 bits per heavy atom. The first kappa shape index (κ1) is 23.2. The van der Waals surface area contributed by atoms with Crippen molar-refractivity contribution in [2.45, 2.75) is 32.8 Å². The molecule has 0 amide bonds. The highest BCUT2D eigenvalue weighted by atomic mass is 127. The number of guanidine groups is 1. The highest BCUT2D eigenvalue weighted by molar-refractivity contribution is 14.0. The van der Waals surface area contributed by atoms with E-state index in [0.717, 1.165) is 31.2 Å². The van der Waals surface area contributed by atoms with E-state index in [1.165, 1.54) is 0 Å². The van der Waals surface area contributed by atoms with Crippen molar-refractivity contribution in [2.75, 3.05) is 40.3 Å². The minimum atomic E-state index is -0.850. The Bertz CT molecular complexity index is 459. The van der Waals surface area contributed by atoms with Crippen LogP contribution in [0, 0.1) is 5.92 Å². The van der Waals surface area contributed by atoms with Crippen LogP contribution in [0.3, 0.4) is 0 Å². The van der Waals surface area contributed by atoms with E-state index in [0.29, 0.717) is 19.0 Å². The van der Waals surface area contributed by atoms with Crippen LogP contribution >= 0.6 is 24.0 Å². The number of nitrogens with one attached hydrogen (secondary N) is 2. The molecule has 140 valence electrons. The van der Waals surface area contributed by atoms with Crippen LogP contribution in [0.15, 0.2) is 27.8 Å². The Hall–Kier alpha value is -0.800. The molecule has 0 fully saturated rings. The fraction of sp³-hybridized carbons (Fsp3) is 0.706. The average molecular weight is 452 g/mol. The highest BCUT2D eigenvalue weighted by Crippen LogP contribution is 2.05. The molecule has 0 aliphatic carbocycles. The molecule has 0 aliphatic heterocycles. The molecule has 7 heteroatoms. The van der Waals surface area contributed by atoms with E-state index in [-0.39, 0.29) is 24.0 Å². The van der Waals surface area contributed by atoms with Gasteiger partial charge in [-0.2, -0.15) is 0 Å². The molecule has 1 unspecified atom stereocenters. The Morgan fingerprint density at radius 2 is 2.08 bits per heavy atom. The molecule has 1 atom stereocenters. The molecule has 0 saturated heterocycles. The van der Waals surface area contributed by atoms with Crippen molar-refractivity contribution >= 4 is 29.9 Å². The quantitative estimate of drug-likeness (QED) is 0.304. The summed E-state index contributed by atoms with van der Waals surface area (Å²) in [6, 6.07) is 3.85. The first-order valence-electron chi connectivity index (χ1n) is 8.20. The van der Waals surface area contributed by atoms with Gasteiger partial charge in [-0.25, -0.2) is 0 Å². The van der Waals surface area contributed by atoms with Gasteiger partial charge >= 0.3 is 0 Å². The van der Waals surface area contributed by atoms with Crippen LogP contribution in [0.1, 0.15) is 26.5 Å². The van der Waals surface area contributed by atoms with Crippen LogP contribution in [0.5, 0.6) is 0 Å². The number of nitrogens with zero attached hydrogens (tertiary/aromatic N) is 2. The van der Waals surface area contributed by atoms with Gasteiger partial charge in [-0.1, -0.05) is 13.8 Å². The van der Waals surface area contributed by atoms with Gasteiger partial charge in [0.15, 0.2) is 5.96 Å². The first-order chi connectivity index (χ1) is 10.8. The van der Waals surface area contributed by atoms with Gasteiger partial charge in [0.05, 0.1) is 18.4 Å². The summed E-state index contributed by atoms with van der Waals surface area (Å²) in [5.41, 5.74) is -0.850. The van der Waals surface area contributed by atoms with Gasteiger partial charge in [0, 0.05) is 26.1 Å². The molecule has 0 aliphatic rings. The van der Waals surface area contributed by atoms with Gasteiger partial charge in [0.25, 0.3) is 0 Å². The maximum atomic E-state index is 10.4. The fourth-order valence-electron chi connectivity index (χ4n) is 2.21. The van der Waals surface area contributed by atoms with E-state index in [4.69, 9.17) is 4.42 Å². The van der Waals surface area contributed by atoms with Crippen LogP contribution in [0.4, 0.5) is 0 Å². The van der Waals surface area contributed by atoms with E-state index < -0.39 is 5.60 Å². The summed E-state index contributed by atoms with van der Waals surface area (Å²) in [4.78, 5) is 6.49. The van der Waals surface area contributed by atoms with Crippen molar-refractivity contribution in [1.82, 2.24) is 15.5 Å². The van der Waals surface area contributed by atoms with Crippen LogP contribution in [-0.2, 0) is 6.42 Å². The number of rotatable bonds is 9. The fourth-order valence-corrected chi connectivity index (χ4v) is 2.21. The molecule has 1 rings (SSSR count). The smallest absolute Gasteiger partial charge is 0.191 e. The molecule has 3 N–H and O–H groups in total. The second-order valence-corrected chi connectivity index (χ2v) is 6.93. The molecule has 1 aromatic rings. The van der Waals surface area contributed by atoms with Crippen molar-refractivity contribution in [1.29, 1.82) is 0 Å². The SMILES string of the molecule is CC(C)CNC(=NCC(C)(O)CN(C)C)NCCc1ccco1.I. The molecule has 1 aromatic heterocycles. The minimum absolute atomic E-state index is 0. The number of furan rings is 1. The standard InChI is InChI=1S/C17H32N4O2.HI/c1-14(2)11-19-16(18-9-8-15-7-6-10-23-15)20-12-17(3,22)13-21(4)5;/h6-7,10,14,22H,8-9,11-13H2,1-5H3,(H2,18,19,20);1H. The third kappa shape index (κ3) is 10.9. The van der Waals surface area contributed by atoms with Gasteiger partial charge in [-0.15, -0.1) is 24.0 Å². The van der Waals surface area contributed by atoms with Crippen molar-refractivity contribution < 1.29 is 9.52 Å². The van der Waals surface area contributed by atoms with Crippen molar-refractivity contribution in [3.8, 4) is 0 Å². The summed E-state index contributed by atoms with van der Waals surface area (Å²) in [6.45, 7) is 8.58. The molecular weight excluding hydrogens is 419 g/mol. The lowest BCUT2D eigenvalue weighted by atomic mass is 10.1. The maximum absolute atomic E-state index is 10.4. The summed E-state index contributed by atoms with van der Waals surface area (Å²) < 4.78 is 5.33. The second-order valence-electron chi connectivity index (χ2n) is 6.93. The molecule has 24 heavy (non-hydrogen) atoms. The predicted molar refractivity (Wildman–Crippen MR) is 110 cm³/mol. The van der Waals surface area contributed by atoms with Crippen LogP contribution < -0.4 is 10.6 Å². The zero-order valence-corrected chi connectivity index (χ0v) is 17.8. The molecule has 0 spiro atoms. The van der Waals surface area contributed by atoms with E-state index in [9.17, 15) is 5.11 Å². The summed E-state index contributed by atoms with van der Waals surface area (Å²) >= 11 is 0. The Kier molecular flexibility index (Phi) is 11.3. The van der Waals surface area contributed by atoms with Crippen LogP contribution in [-0.4, -0.2) is 61.8 Å². The van der Waals surface area contributed by atoms with Gasteiger partial charge in [-0.05, 0) is 39.1 Å². The molecule has 0 bridgehead atoms. The summed E-state index contributed by atoms with van der Waals surface area (Å²) in [5.74, 6) is 2.19. The topological polar surface area (TPSA) is 73.0 Å². The normalized spacial score (nSPS) is 14.4. The van der Waals surface area contributed by atoms with Gasteiger partial charge in [-0.3, -0.25) is 4.99 Å². The average Bonchev–Trinajstić information content (AvgIpc) is 2.92. The van der Waals surface area contributed by atoms with Crippen molar-refractivity contribution in [3.63, 3.8) is 0 Å². The lowest BCUT2D eigenvalue weighted by Gasteiger charge is -2.25. The summed E-state index contributed by atoms with van der Waals surface area (Å²) in [5, 5.41) is 17.0. The number of aliphatic hydroxyl groups is 1. The van der Waals surface area contributed by atoms with E-state index in [1.807, 2.05) is 31.1 Å². The van der Waals surface area contributed by atoms with E-state index in [1.54, 1.807) is 13.2 Å². The van der Waals surface area contributed by atoms with Gasteiger partial charge in [0.1, 0.15) is 5.76 Å². The van der Waals surface area contributed by atoms with Crippen molar-refractivity contribution in [2.24, 2.45) is 10.9 Å². The second kappa shape index (κ2) is 11.7. The van der Waals surface area contributed by atoms with Crippen LogP contribution in [0.25, 0.3) is 0 Å². The Labute approximate surface area is 163 Å². The molecule has 0 saturated carbocycles. The molecule has 0 aromatic carbocycles. The minimum Gasteiger partial charge on any atom is -0.469 e. The third-order valence-corrected chi connectivity index (χ3v) is 3.16. The molecule has 6 nitrogen and oxygen atoms in total. The Morgan fingerprint density at radius 3 is 2.62 bits per heavy atom. The van der Waals surface area contributed by atoms with Crippen LogP contribution in [0.2, 0.25) is 0 Å². The van der Waals surface area contributed by atoms with E-state index in [2.05, 4.69) is 29.5 Å². The lowest BCUT2D eigenvalue weighted by Crippen LogP contribution is -2.44. The molecule has 0 radical (unpaired) electrons. The van der Waals surface area contributed by atoms with Gasteiger partial charge in [0.2, 0.25) is 0 Å². The number of hydrogen-bond acceptors (Lipinski definition) is 4. The molecular formula is C17H33IN4O2.